The van der Waals surface area contributed by atoms with Crippen LogP contribution in [0.3, 0.4) is 0 Å². The van der Waals surface area contributed by atoms with Gasteiger partial charge in [-0.1, -0.05) is 44.0 Å². The topological polar surface area (TPSA) is 93.2 Å². The molecule has 5 rings (SSSR count). The van der Waals surface area contributed by atoms with Crippen LogP contribution in [0.4, 0.5) is 6.01 Å². The molecule has 0 spiro atoms. The number of anilines is 1. The maximum absolute atomic E-state index is 13.1. The van der Waals surface area contributed by atoms with Crippen LogP contribution in [-0.2, 0) is 5.41 Å². The standard InChI is InChI=1S/C23H23Cl2N7O2/c1-23(2,3)21-26-13-32(29-21)16-5-4-14(12-15(16)24)20(33)30-8-10-31(11-9-30)22-28-19-17(34-22)6-7-18(25)27-19/h4-7,12-13H,8-11H2,1-3H3. The van der Waals surface area contributed by atoms with Crippen molar-refractivity contribution in [2.45, 2.75) is 26.2 Å². The lowest BCUT2D eigenvalue weighted by Gasteiger charge is -2.33. The molecule has 34 heavy (non-hydrogen) atoms. The number of fused-ring (bicyclic) bond motifs is 1. The Hall–Kier alpha value is -3.17. The summed E-state index contributed by atoms with van der Waals surface area (Å²) < 4.78 is 7.43. The van der Waals surface area contributed by atoms with Gasteiger partial charge in [-0.3, -0.25) is 4.79 Å². The molecule has 4 aromatic rings. The van der Waals surface area contributed by atoms with Crippen molar-refractivity contribution >= 4 is 46.4 Å². The van der Waals surface area contributed by atoms with Gasteiger partial charge in [0.05, 0.1) is 10.7 Å². The third-order valence-corrected chi connectivity index (χ3v) is 6.16. The Kier molecular flexibility index (Phi) is 5.69. The monoisotopic (exact) mass is 499 g/mol. The Balaban J connectivity index is 1.27. The summed E-state index contributed by atoms with van der Waals surface area (Å²) in [6, 6.07) is 9.14. The Morgan fingerprint density at radius 1 is 1.03 bits per heavy atom. The van der Waals surface area contributed by atoms with Crippen molar-refractivity contribution in [2.75, 3.05) is 31.1 Å². The third kappa shape index (κ3) is 4.33. The van der Waals surface area contributed by atoms with Gasteiger partial charge in [0.2, 0.25) is 5.65 Å². The molecule has 0 unspecified atom stereocenters. The van der Waals surface area contributed by atoms with Crippen LogP contribution in [0, 0.1) is 0 Å². The second-order valence-electron chi connectivity index (χ2n) is 9.16. The number of benzene rings is 1. The average molecular weight is 500 g/mol. The smallest absolute Gasteiger partial charge is 0.300 e. The van der Waals surface area contributed by atoms with E-state index in [-0.39, 0.29) is 11.3 Å². The summed E-state index contributed by atoms with van der Waals surface area (Å²) in [6.45, 7) is 8.39. The first-order valence-electron chi connectivity index (χ1n) is 10.9. The number of rotatable bonds is 3. The number of pyridine rings is 1. The molecule has 4 heterocycles. The van der Waals surface area contributed by atoms with Gasteiger partial charge in [0, 0.05) is 37.2 Å². The molecule has 1 aliphatic heterocycles. The summed E-state index contributed by atoms with van der Waals surface area (Å²) in [5, 5.41) is 5.33. The van der Waals surface area contributed by atoms with Crippen molar-refractivity contribution < 1.29 is 9.21 Å². The summed E-state index contributed by atoms with van der Waals surface area (Å²) in [5.41, 5.74) is 2.08. The molecule has 0 bridgehead atoms. The van der Waals surface area contributed by atoms with Gasteiger partial charge in [0.15, 0.2) is 11.4 Å². The summed E-state index contributed by atoms with van der Waals surface area (Å²) in [5.74, 6) is 0.646. The fourth-order valence-corrected chi connectivity index (χ4v) is 4.16. The average Bonchev–Trinajstić information content (AvgIpc) is 3.46. The van der Waals surface area contributed by atoms with Crippen LogP contribution in [0.25, 0.3) is 16.9 Å². The van der Waals surface area contributed by atoms with E-state index >= 15 is 0 Å². The summed E-state index contributed by atoms with van der Waals surface area (Å²) in [6.07, 6.45) is 1.64. The minimum Gasteiger partial charge on any atom is -0.422 e. The summed E-state index contributed by atoms with van der Waals surface area (Å²) in [4.78, 5) is 29.9. The summed E-state index contributed by atoms with van der Waals surface area (Å²) >= 11 is 12.5. The van der Waals surface area contributed by atoms with Gasteiger partial charge in [-0.05, 0) is 30.3 Å². The van der Waals surface area contributed by atoms with E-state index in [2.05, 4.69) is 20.1 Å². The molecular formula is C23H23Cl2N7O2. The zero-order chi connectivity index (χ0) is 24.0. The van der Waals surface area contributed by atoms with Crippen molar-refractivity contribution in [1.82, 2.24) is 29.6 Å². The van der Waals surface area contributed by atoms with Crippen LogP contribution < -0.4 is 4.90 Å². The number of oxazole rings is 1. The highest BCUT2D eigenvalue weighted by atomic mass is 35.5. The Labute approximate surface area is 206 Å². The molecule has 0 atom stereocenters. The lowest BCUT2D eigenvalue weighted by atomic mass is 9.96. The zero-order valence-corrected chi connectivity index (χ0v) is 20.5. The van der Waals surface area contributed by atoms with Crippen molar-refractivity contribution in [3.05, 3.63) is 58.2 Å². The van der Waals surface area contributed by atoms with Gasteiger partial charge in [0.25, 0.3) is 11.9 Å². The Morgan fingerprint density at radius 3 is 2.47 bits per heavy atom. The number of carbonyl (C=O) groups excluding carboxylic acids is 1. The molecule has 0 aliphatic carbocycles. The molecule has 1 amide bonds. The van der Waals surface area contributed by atoms with Crippen LogP contribution in [0.15, 0.2) is 41.1 Å². The molecule has 9 nitrogen and oxygen atoms in total. The molecule has 0 radical (unpaired) electrons. The number of hydrogen-bond donors (Lipinski definition) is 0. The van der Waals surface area contributed by atoms with Gasteiger partial charge in [-0.2, -0.15) is 10.1 Å². The molecule has 1 saturated heterocycles. The highest BCUT2D eigenvalue weighted by Crippen LogP contribution is 2.26. The predicted molar refractivity (Wildman–Crippen MR) is 130 cm³/mol. The molecule has 1 fully saturated rings. The number of nitrogens with zero attached hydrogens (tertiary/aromatic N) is 7. The van der Waals surface area contributed by atoms with E-state index in [1.807, 2.05) is 25.7 Å². The molecule has 1 aliphatic rings. The fraction of sp³-hybridized carbons (Fsp3) is 0.348. The normalized spacial score (nSPS) is 14.7. The SMILES string of the molecule is CC(C)(C)c1ncn(-c2ccc(C(=O)N3CCN(c4nc5nc(Cl)ccc5o4)CC3)cc2Cl)n1. The van der Waals surface area contributed by atoms with Gasteiger partial charge >= 0.3 is 0 Å². The number of aromatic nitrogens is 5. The second-order valence-corrected chi connectivity index (χ2v) is 9.95. The maximum Gasteiger partial charge on any atom is 0.300 e. The van der Waals surface area contributed by atoms with E-state index in [0.717, 1.165) is 5.82 Å². The molecule has 0 N–H and O–H groups in total. The second kappa shape index (κ2) is 8.56. The van der Waals surface area contributed by atoms with Crippen LogP contribution >= 0.6 is 23.2 Å². The molecule has 3 aromatic heterocycles. The van der Waals surface area contributed by atoms with E-state index in [1.165, 1.54) is 0 Å². The summed E-state index contributed by atoms with van der Waals surface area (Å²) in [7, 11) is 0. The van der Waals surface area contributed by atoms with Crippen molar-refractivity contribution in [3.63, 3.8) is 0 Å². The Bertz CT molecular complexity index is 1370. The molecule has 1 aromatic carbocycles. The van der Waals surface area contributed by atoms with E-state index < -0.39 is 0 Å². The fourth-order valence-electron chi connectivity index (χ4n) is 3.75. The quantitative estimate of drug-likeness (QED) is 0.386. The lowest BCUT2D eigenvalue weighted by Crippen LogP contribution is -2.48. The van der Waals surface area contributed by atoms with Crippen molar-refractivity contribution in [2.24, 2.45) is 0 Å². The first kappa shape index (κ1) is 22.6. The van der Waals surface area contributed by atoms with Crippen molar-refractivity contribution in [1.29, 1.82) is 0 Å². The molecule has 176 valence electrons. The highest BCUT2D eigenvalue weighted by Gasteiger charge is 2.26. The van der Waals surface area contributed by atoms with E-state index in [0.29, 0.717) is 64.9 Å². The van der Waals surface area contributed by atoms with Gasteiger partial charge in [-0.25, -0.2) is 14.6 Å². The predicted octanol–water partition coefficient (Wildman–Crippen LogP) is 4.37. The van der Waals surface area contributed by atoms with Crippen LogP contribution in [-0.4, -0.2) is 61.7 Å². The maximum atomic E-state index is 13.1. The van der Waals surface area contributed by atoms with Gasteiger partial charge < -0.3 is 14.2 Å². The number of hydrogen-bond acceptors (Lipinski definition) is 7. The number of piperazine rings is 1. The largest absolute Gasteiger partial charge is 0.422 e. The van der Waals surface area contributed by atoms with Crippen molar-refractivity contribution in [3.8, 4) is 5.69 Å². The molecule has 0 saturated carbocycles. The Morgan fingerprint density at radius 2 is 1.79 bits per heavy atom. The highest BCUT2D eigenvalue weighted by molar-refractivity contribution is 6.32. The van der Waals surface area contributed by atoms with E-state index in [4.69, 9.17) is 27.6 Å². The minimum absolute atomic E-state index is 0.0758. The first-order chi connectivity index (χ1) is 16.2. The van der Waals surface area contributed by atoms with Crippen LogP contribution in [0.5, 0.6) is 0 Å². The zero-order valence-electron chi connectivity index (χ0n) is 19.0. The molecule has 11 heteroatoms. The number of carbonyl (C=O) groups is 1. The van der Waals surface area contributed by atoms with Crippen LogP contribution in [0.2, 0.25) is 10.2 Å². The first-order valence-corrected chi connectivity index (χ1v) is 11.6. The van der Waals surface area contributed by atoms with Crippen LogP contribution in [0.1, 0.15) is 37.0 Å². The number of halogens is 2. The molecular weight excluding hydrogens is 477 g/mol. The van der Waals surface area contributed by atoms with E-state index in [1.54, 1.807) is 46.2 Å². The van der Waals surface area contributed by atoms with E-state index in [9.17, 15) is 4.79 Å². The third-order valence-electron chi connectivity index (χ3n) is 5.65. The number of amides is 1. The van der Waals surface area contributed by atoms with Gasteiger partial charge in [0.1, 0.15) is 11.5 Å². The minimum atomic E-state index is -0.169. The lowest BCUT2D eigenvalue weighted by molar-refractivity contribution is 0.0745. The van der Waals surface area contributed by atoms with Gasteiger partial charge in [-0.15, -0.1) is 0 Å².